The largest absolute Gasteiger partial charge is 0.475 e. The van der Waals surface area contributed by atoms with Crippen molar-refractivity contribution >= 4 is 18.4 Å². The van der Waals surface area contributed by atoms with Gasteiger partial charge in [-0.2, -0.15) is 0 Å². The van der Waals surface area contributed by atoms with Crippen LogP contribution in [0.3, 0.4) is 0 Å². The lowest BCUT2D eigenvalue weighted by Crippen LogP contribution is -1.96. The summed E-state index contributed by atoms with van der Waals surface area (Å²) in [4.78, 5) is 13.7. The molecule has 62 valence electrons. The van der Waals surface area contributed by atoms with E-state index in [-0.39, 0.29) is 30.6 Å². The molecule has 1 heterocycles. The first-order valence-electron chi connectivity index (χ1n) is 2.62. The number of rotatable bonds is 2. The molecular weight excluding hydrogens is 172 g/mol. The first kappa shape index (κ1) is 9.93. The standard InChI is InChI=1S/C5H6N2O3.ClH/c6-1-4-7-2-3(10-4)5(8)9;/h2H,1,6H2,(H,8,9);1H. The fraction of sp³-hybridized carbons (Fsp3) is 0.200. The Hall–Kier alpha value is -1.07. The van der Waals surface area contributed by atoms with Crippen LogP contribution in [0.5, 0.6) is 0 Å². The lowest BCUT2D eigenvalue weighted by molar-refractivity contribution is 0.0660. The van der Waals surface area contributed by atoms with Gasteiger partial charge in [0.2, 0.25) is 11.7 Å². The highest BCUT2D eigenvalue weighted by Gasteiger charge is 2.08. The number of carbonyl (C=O) groups is 1. The van der Waals surface area contributed by atoms with Crippen LogP contribution in [0.15, 0.2) is 10.6 Å². The van der Waals surface area contributed by atoms with Crippen molar-refractivity contribution in [2.24, 2.45) is 5.73 Å². The predicted molar refractivity (Wildman–Crippen MR) is 38.6 cm³/mol. The number of nitrogens with zero attached hydrogens (tertiary/aromatic N) is 1. The molecule has 3 N–H and O–H groups in total. The third-order valence-electron chi connectivity index (χ3n) is 0.939. The second-order valence-corrected chi connectivity index (χ2v) is 1.63. The Kier molecular flexibility index (Phi) is 3.56. The third kappa shape index (κ3) is 2.21. The maximum absolute atomic E-state index is 10.2. The topological polar surface area (TPSA) is 89.3 Å². The molecule has 1 rings (SSSR count). The monoisotopic (exact) mass is 178 g/mol. The Morgan fingerprint density at radius 3 is 2.73 bits per heavy atom. The van der Waals surface area contributed by atoms with Crippen molar-refractivity contribution in [2.75, 3.05) is 0 Å². The molecule has 0 aromatic carbocycles. The Balaban J connectivity index is 0.000001000. The van der Waals surface area contributed by atoms with E-state index in [2.05, 4.69) is 9.40 Å². The van der Waals surface area contributed by atoms with Gasteiger partial charge < -0.3 is 15.3 Å². The predicted octanol–water partition coefficient (Wildman–Crippen LogP) is 0.253. The third-order valence-corrected chi connectivity index (χ3v) is 0.939. The summed E-state index contributed by atoms with van der Waals surface area (Å²) in [6, 6.07) is 0. The first-order valence-corrected chi connectivity index (χ1v) is 2.62. The van der Waals surface area contributed by atoms with Gasteiger partial charge in [0, 0.05) is 0 Å². The van der Waals surface area contributed by atoms with Crippen LogP contribution in [0.25, 0.3) is 0 Å². The zero-order valence-corrected chi connectivity index (χ0v) is 6.30. The van der Waals surface area contributed by atoms with Gasteiger partial charge in [-0.25, -0.2) is 9.78 Å². The minimum absolute atomic E-state index is 0. The van der Waals surface area contributed by atoms with Gasteiger partial charge in [-0.1, -0.05) is 0 Å². The highest BCUT2D eigenvalue weighted by Crippen LogP contribution is 2.01. The number of hydrogen-bond donors (Lipinski definition) is 2. The average molecular weight is 179 g/mol. The van der Waals surface area contributed by atoms with E-state index in [1.54, 1.807) is 0 Å². The van der Waals surface area contributed by atoms with Crippen LogP contribution in [0.4, 0.5) is 0 Å². The molecule has 0 aliphatic heterocycles. The van der Waals surface area contributed by atoms with Crippen molar-refractivity contribution in [2.45, 2.75) is 6.54 Å². The van der Waals surface area contributed by atoms with Gasteiger partial charge in [-0.05, 0) is 0 Å². The van der Waals surface area contributed by atoms with E-state index in [1.807, 2.05) is 0 Å². The lowest BCUT2D eigenvalue weighted by Gasteiger charge is -1.83. The molecule has 5 nitrogen and oxygen atoms in total. The normalized spacial score (nSPS) is 8.82. The highest BCUT2D eigenvalue weighted by atomic mass is 35.5. The summed E-state index contributed by atoms with van der Waals surface area (Å²) < 4.78 is 4.66. The molecule has 6 heteroatoms. The second kappa shape index (κ2) is 3.95. The molecule has 1 aromatic rings. The van der Waals surface area contributed by atoms with Crippen LogP contribution in [-0.4, -0.2) is 16.1 Å². The van der Waals surface area contributed by atoms with Crippen LogP contribution in [0.1, 0.15) is 16.4 Å². The zero-order chi connectivity index (χ0) is 7.56. The van der Waals surface area contributed by atoms with Gasteiger partial charge >= 0.3 is 5.97 Å². The zero-order valence-electron chi connectivity index (χ0n) is 5.48. The van der Waals surface area contributed by atoms with Crippen molar-refractivity contribution in [1.29, 1.82) is 0 Å². The van der Waals surface area contributed by atoms with Gasteiger partial charge in [0.1, 0.15) is 0 Å². The van der Waals surface area contributed by atoms with Gasteiger partial charge in [0.15, 0.2) is 0 Å². The molecule has 0 bridgehead atoms. The quantitative estimate of drug-likeness (QED) is 0.678. The van der Waals surface area contributed by atoms with Crippen molar-refractivity contribution in [1.82, 2.24) is 4.98 Å². The van der Waals surface area contributed by atoms with Gasteiger partial charge in [-0.15, -0.1) is 12.4 Å². The van der Waals surface area contributed by atoms with Crippen LogP contribution in [0.2, 0.25) is 0 Å². The fourth-order valence-corrected chi connectivity index (χ4v) is 0.503. The summed E-state index contributed by atoms with van der Waals surface area (Å²) in [5, 5.41) is 8.32. The Morgan fingerprint density at radius 2 is 2.45 bits per heavy atom. The Morgan fingerprint density at radius 1 is 1.82 bits per heavy atom. The van der Waals surface area contributed by atoms with E-state index in [9.17, 15) is 4.79 Å². The van der Waals surface area contributed by atoms with Gasteiger partial charge in [0.05, 0.1) is 12.7 Å². The summed E-state index contributed by atoms with van der Waals surface area (Å²) in [6.45, 7) is 0.118. The van der Waals surface area contributed by atoms with Gasteiger partial charge in [0.25, 0.3) is 0 Å². The SMILES string of the molecule is Cl.NCc1ncc(C(=O)O)o1. The molecule has 0 saturated heterocycles. The molecule has 0 saturated carbocycles. The summed E-state index contributed by atoms with van der Waals surface area (Å²) >= 11 is 0. The number of nitrogens with two attached hydrogens (primary N) is 1. The van der Waals surface area contributed by atoms with Crippen molar-refractivity contribution in [3.05, 3.63) is 17.8 Å². The molecule has 0 unspecified atom stereocenters. The summed E-state index contributed by atoms with van der Waals surface area (Å²) in [5.74, 6) is -1.08. The van der Waals surface area contributed by atoms with E-state index >= 15 is 0 Å². The molecular formula is C5H7ClN2O3. The molecule has 0 fully saturated rings. The number of halogens is 1. The number of hydrogen-bond acceptors (Lipinski definition) is 4. The lowest BCUT2D eigenvalue weighted by atomic mass is 10.5. The molecule has 0 aliphatic rings. The fourth-order valence-electron chi connectivity index (χ4n) is 0.503. The summed E-state index contributed by atoms with van der Waals surface area (Å²) in [5.41, 5.74) is 5.11. The van der Waals surface area contributed by atoms with E-state index in [0.717, 1.165) is 6.20 Å². The van der Waals surface area contributed by atoms with Crippen LogP contribution >= 0.6 is 12.4 Å². The van der Waals surface area contributed by atoms with E-state index < -0.39 is 5.97 Å². The maximum Gasteiger partial charge on any atom is 0.373 e. The number of carboxylic acids is 1. The molecule has 11 heavy (non-hydrogen) atoms. The maximum atomic E-state index is 10.2. The first-order chi connectivity index (χ1) is 4.74. The van der Waals surface area contributed by atoms with Crippen molar-refractivity contribution in [3.8, 4) is 0 Å². The minimum atomic E-state index is -1.13. The molecule has 0 amide bonds. The molecule has 0 aliphatic carbocycles. The number of aromatic nitrogens is 1. The van der Waals surface area contributed by atoms with E-state index in [4.69, 9.17) is 10.8 Å². The average Bonchev–Trinajstić information content (AvgIpc) is 2.34. The number of carboxylic acid groups (broad SMARTS) is 1. The summed E-state index contributed by atoms with van der Waals surface area (Å²) in [6.07, 6.45) is 1.13. The molecule has 0 spiro atoms. The Bertz CT molecular complexity index is 248. The van der Waals surface area contributed by atoms with Crippen LogP contribution < -0.4 is 5.73 Å². The molecule has 0 atom stereocenters. The number of oxazole rings is 1. The summed E-state index contributed by atoms with van der Waals surface area (Å²) in [7, 11) is 0. The van der Waals surface area contributed by atoms with Crippen molar-refractivity contribution in [3.63, 3.8) is 0 Å². The smallest absolute Gasteiger partial charge is 0.373 e. The second-order valence-electron chi connectivity index (χ2n) is 1.63. The molecule has 0 radical (unpaired) electrons. The molecule has 1 aromatic heterocycles. The highest BCUT2D eigenvalue weighted by molar-refractivity contribution is 5.85. The van der Waals surface area contributed by atoms with Gasteiger partial charge in [-0.3, -0.25) is 0 Å². The van der Waals surface area contributed by atoms with E-state index in [1.165, 1.54) is 0 Å². The van der Waals surface area contributed by atoms with E-state index in [0.29, 0.717) is 0 Å². The van der Waals surface area contributed by atoms with Crippen LogP contribution in [0, 0.1) is 0 Å². The minimum Gasteiger partial charge on any atom is -0.475 e. The number of aromatic carboxylic acids is 1. The van der Waals surface area contributed by atoms with Crippen LogP contribution in [-0.2, 0) is 6.54 Å². The Labute approximate surface area is 68.6 Å². The van der Waals surface area contributed by atoms with Crippen molar-refractivity contribution < 1.29 is 14.3 Å².